The van der Waals surface area contributed by atoms with Crippen LogP contribution in [0.4, 0.5) is 0 Å². The highest BCUT2D eigenvalue weighted by atomic mass is 15.2. The molecule has 2 heteroatoms. The zero-order valence-corrected chi connectivity index (χ0v) is 11.6. The molecule has 1 aliphatic heterocycles. The second kappa shape index (κ2) is 7.38. The highest BCUT2D eigenvalue weighted by Gasteiger charge is 2.21. The summed E-state index contributed by atoms with van der Waals surface area (Å²) >= 11 is 0. The number of likely N-dealkylation sites (tertiary alicyclic amines) is 1. The van der Waals surface area contributed by atoms with Crippen LogP contribution in [0.5, 0.6) is 0 Å². The quantitative estimate of drug-likeness (QED) is 0.765. The van der Waals surface area contributed by atoms with E-state index in [0.29, 0.717) is 0 Å². The minimum atomic E-state index is 0.779. The summed E-state index contributed by atoms with van der Waals surface area (Å²) in [6, 6.07) is 0.779. The number of hydrogen-bond acceptors (Lipinski definition) is 2. The number of nitrogens with zero attached hydrogens (tertiary/aromatic N) is 1. The molecule has 0 aromatic heterocycles. The van der Waals surface area contributed by atoms with Crippen LogP contribution in [0.3, 0.4) is 0 Å². The summed E-state index contributed by atoms with van der Waals surface area (Å²) < 4.78 is 0. The summed E-state index contributed by atoms with van der Waals surface area (Å²) in [4.78, 5) is 2.67. The van der Waals surface area contributed by atoms with Crippen LogP contribution < -0.4 is 5.32 Å². The average molecular weight is 238 g/mol. The molecule has 0 radical (unpaired) electrons. The van der Waals surface area contributed by atoms with E-state index in [2.05, 4.69) is 17.1 Å². The van der Waals surface area contributed by atoms with E-state index < -0.39 is 0 Å². The van der Waals surface area contributed by atoms with E-state index in [9.17, 15) is 0 Å². The van der Waals surface area contributed by atoms with Crippen molar-refractivity contribution in [2.75, 3.05) is 26.2 Å². The van der Waals surface area contributed by atoms with Crippen molar-refractivity contribution in [1.82, 2.24) is 10.2 Å². The number of nitrogens with one attached hydrogen (secondary N) is 1. The van der Waals surface area contributed by atoms with Crippen molar-refractivity contribution in [2.24, 2.45) is 5.92 Å². The third kappa shape index (κ3) is 4.59. The highest BCUT2D eigenvalue weighted by molar-refractivity contribution is 4.80. The van der Waals surface area contributed by atoms with Crippen molar-refractivity contribution in [3.05, 3.63) is 0 Å². The Morgan fingerprint density at radius 3 is 2.71 bits per heavy atom. The summed E-state index contributed by atoms with van der Waals surface area (Å²) in [6.07, 6.45) is 11.4. The minimum Gasteiger partial charge on any atom is -0.312 e. The molecule has 1 saturated carbocycles. The van der Waals surface area contributed by atoms with Gasteiger partial charge in [-0.2, -0.15) is 0 Å². The van der Waals surface area contributed by atoms with E-state index in [1.165, 1.54) is 77.5 Å². The first-order chi connectivity index (χ1) is 8.38. The predicted molar refractivity (Wildman–Crippen MR) is 74.3 cm³/mol. The van der Waals surface area contributed by atoms with E-state index in [1.54, 1.807) is 0 Å². The fourth-order valence-electron chi connectivity index (χ4n) is 3.35. The van der Waals surface area contributed by atoms with Gasteiger partial charge in [0.15, 0.2) is 0 Å². The number of rotatable bonds is 6. The molecule has 2 fully saturated rings. The topological polar surface area (TPSA) is 15.3 Å². The van der Waals surface area contributed by atoms with Gasteiger partial charge in [-0.1, -0.05) is 26.2 Å². The second-order valence-corrected chi connectivity index (χ2v) is 6.05. The van der Waals surface area contributed by atoms with Crippen molar-refractivity contribution in [3.8, 4) is 0 Å². The molecule has 0 amide bonds. The van der Waals surface area contributed by atoms with Gasteiger partial charge in [0.05, 0.1) is 0 Å². The first-order valence-electron chi connectivity index (χ1n) is 7.84. The highest BCUT2D eigenvalue weighted by Crippen LogP contribution is 2.24. The summed E-state index contributed by atoms with van der Waals surface area (Å²) in [6.45, 7) is 7.53. The lowest BCUT2D eigenvalue weighted by Gasteiger charge is -2.33. The molecule has 0 spiro atoms. The fraction of sp³-hybridized carbons (Fsp3) is 1.00. The van der Waals surface area contributed by atoms with Gasteiger partial charge in [-0.3, -0.25) is 0 Å². The SMILES string of the molecule is CCCCN1CCCC(NCC2CCCC2)C1. The van der Waals surface area contributed by atoms with Crippen LogP contribution in [0.1, 0.15) is 58.3 Å². The van der Waals surface area contributed by atoms with Crippen LogP contribution in [-0.2, 0) is 0 Å². The molecule has 1 saturated heterocycles. The van der Waals surface area contributed by atoms with Crippen LogP contribution in [0, 0.1) is 5.92 Å². The van der Waals surface area contributed by atoms with Crippen LogP contribution in [0.25, 0.3) is 0 Å². The molecule has 1 N–H and O–H groups in total. The number of unbranched alkanes of at least 4 members (excludes halogenated alkanes) is 1. The molecular weight excluding hydrogens is 208 g/mol. The molecule has 1 unspecified atom stereocenters. The Balaban J connectivity index is 1.62. The van der Waals surface area contributed by atoms with Crippen molar-refractivity contribution in [3.63, 3.8) is 0 Å². The van der Waals surface area contributed by atoms with Crippen LogP contribution >= 0.6 is 0 Å². The van der Waals surface area contributed by atoms with Gasteiger partial charge < -0.3 is 10.2 Å². The molecule has 17 heavy (non-hydrogen) atoms. The van der Waals surface area contributed by atoms with Crippen molar-refractivity contribution in [1.29, 1.82) is 0 Å². The lowest BCUT2D eigenvalue weighted by atomic mass is 10.0. The van der Waals surface area contributed by atoms with E-state index in [0.717, 1.165) is 12.0 Å². The Kier molecular flexibility index (Phi) is 5.79. The molecule has 0 aromatic rings. The van der Waals surface area contributed by atoms with Gasteiger partial charge in [-0.25, -0.2) is 0 Å². The van der Waals surface area contributed by atoms with Crippen molar-refractivity contribution in [2.45, 2.75) is 64.3 Å². The van der Waals surface area contributed by atoms with Gasteiger partial charge in [0, 0.05) is 12.6 Å². The van der Waals surface area contributed by atoms with Gasteiger partial charge in [0.2, 0.25) is 0 Å². The summed E-state index contributed by atoms with van der Waals surface area (Å²) in [7, 11) is 0. The van der Waals surface area contributed by atoms with Gasteiger partial charge in [0.1, 0.15) is 0 Å². The Hall–Kier alpha value is -0.0800. The first-order valence-corrected chi connectivity index (χ1v) is 7.84. The van der Waals surface area contributed by atoms with Crippen LogP contribution in [0.15, 0.2) is 0 Å². The smallest absolute Gasteiger partial charge is 0.0195 e. The van der Waals surface area contributed by atoms with Crippen LogP contribution in [-0.4, -0.2) is 37.1 Å². The van der Waals surface area contributed by atoms with Crippen molar-refractivity contribution >= 4 is 0 Å². The zero-order valence-electron chi connectivity index (χ0n) is 11.6. The minimum absolute atomic E-state index is 0.779. The maximum atomic E-state index is 3.83. The van der Waals surface area contributed by atoms with E-state index in [1.807, 2.05) is 0 Å². The lowest BCUT2D eigenvalue weighted by Crippen LogP contribution is -2.46. The normalized spacial score (nSPS) is 27.7. The summed E-state index contributed by atoms with van der Waals surface area (Å²) in [5.74, 6) is 0.987. The molecule has 0 aromatic carbocycles. The molecule has 1 aliphatic carbocycles. The maximum Gasteiger partial charge on any atom is 0.0195 e. The molecule has 0 bridgehead atoms. The van der Waals surface area contributed by atoms with Crippen LogP contribution in [0.2, 0.25) is 0 Å². The lowest BCUT2D eigenvalue weighted by molar-refractivity contribution is 0.185. The standard InChI is InChI=1S/C15H30N2/c1-2-3-10-17-11-6-9-15(13-17)16-12-14-7-4-5-8-14/h14-16H,2-13H2,1H3. The summed E-state index contributed by atoms with van der Waals surface area (Å²) in [5, 5.41) is 3.83. The third-order valence-corrected chi connectivity index (χ3v) is 4.50. The zero-order chi connectivity index (χ0) is 11.9. The fourth-order valence-corrected chi connectivity index (χ4v) is 3.35. The van der Waals surface area contributed by atoms with E-state index >= 15 is 0 Å². The van der Waals surface area contributed by atoms with Crippen molar-refractivity contribution < 1.29 is 0 Å². The molecule has 100 valence electrons. The Labute approximate surface area is 107 Å². The van der Waals surface area contributed by atoms with E-state index in [-0.39, 0.29) is 0 Å². The van der Waals surface area contributed by atoms with Gasteiger partial charge >= 0.3 is 0 Å². The first kappa shape index (κ1) is 13.4. The maximum absolute atomic E-state index is 3.83. The molecule has 2 rings (SSSR count). The molecule has 1 heterocycles. The van der Waals surface area contributed by atoms with Gasteiger partial charge in [-0.15, -0.1) is 0 Å². The molecule has 2 nitrogen and oxygen atoms in total. The molecular formula is C15H30N2. The third-order valence-electron chi connectivity index (χ3n) is 4.50. The Morgan fingerprint density at radius 1 is 1.12 bits per heavy atom. The number of hydrogen-bond donors (Lipinski definition) is 1. The largest absolute Gasteiger partial charge is 0.312 e. The average Bonchev–Trinajstić information content (AvgIpc) is 2.87. The molecule has 2 aliphatic rings. The Bertz CT molecular complexity index is 199. The van der Waals surface area contributed by atoms with E-state index in [4.69, 9.17) is 0 Å². The monoisotopic (exact) mass is 238 g/mol. The summed E-state index contributed by atoms with van der Waals surface area (Å²) in [5.41, 5.74) is 0. The second-order valence-electron chi connectivity index (χ2n) is 6.05. The molecule has 1 atom stereocenters. The number of piperidine rings is 1. The van der Waals surface area contributed by atoms with Gasteiger partial charge in [-0.05, 0) is 57.7 Å². The predicted octanol–water partition coefficient (Wildman–Crippen LogP) is 3.03. The van der Waals surface area contributed by atoms with Gasteiger partial charge in [0.25, 0.3) is 0 Å². The Morgan fingerprint density at radius 2 is 1.94 bits per heavy atom.